The van der Waals surface area contributed by atoms with E-state index in [1.165, 1.54) is 11.2 Å². The molecule has 15 heavy (non-hydrogen) atoms. The van der Waals surface area contributed by atoms with Crippen LogP contribution in [0.15, 0.2) is 0 Å². The summed E-state index contributed by atoms with van der Waals surface area (Å²) >= 11 is 0. The van der Waals surface area contributed by atoms with Crippen LogP contribution in [0.1, 0.15) is 25.1 Å². The van der Waals surface area contributed by atoms with Crippen molar-refractivity contribution in [2.45, 2.75) is 25.7 Å². The first kappa shape index (κ1) is 9.27. The summed E-state index contributed by atoms with van der Waals surface area (Å²) in [5.41, 5.74) is 0.0522. The molecule has 2 fully saturated rings. The van der Waals surface area contributed by atoms with Gasteiger partial charge in [0.05, 0.1) is 7.05 Å². The van der Waals surface area contributed by atoms with Gasteiger partial charge in [0.1, 0.15) is 0 Å². The number of aliphatic hydroxyl groups is 1. The highest BCUT2D eigenvalue weighted by Gasteiger charge is 2.53. The monoisotopic (exact) mass is 208 g/mol. The van der Waals surface area contributed by atoms with Crippen molar-refractivity contribution in [3.8, 4) is 0 Å². The molecular formula is C10H16N4O. The third kappa shape index (κ3) is 1.55. The van der Waals surface area contributed by atoms with Crippen molar-refractivity contribution in [3.63, 3.8) is 0 Å². The van der Waals surface area contributed by atoms with E-state index in [4.69, 9.17) is 0 Å². The van der Waals surface area contributed by atoms with Crippen molar-refractivity contribution in [1.82, 2.24) is 20.2 Å². The molecule has 0 saturated heterocycles. The number of aliphatic hydroxyl groups excluding tert-OH is 1. The molecule has 82 valence electrons. The van der Waals surface area contributed by atoms with Crippen LogP contribution in [0, 0.1) is 17.3 Å². The van der Waals surface area contributed by atoms with E-state index in [1.807, 2.05) is 0 Å². The fourth-order valence-corrected chi connectivity index (χ4v) is 3.06. The zero-order valence-corrected chi connectivity index (χ0v) is 8.93. The second-order valence-corrected chi connectivity index (χ2v) is 5.19. The summed E-state index contributed by atoms with van der Waals surface area (Å²) in [5, 5.41) is 21.6. The van der Waals surface area contributed by atoms with Crippen LogP contribution in [0.25, 0.3) is 0 Å². The maximum Gasteiger partial charge on any atom is 0.175 e. The molecule has 0 radical (unpaired) electrons. The lowest BCUT2D eigenvalue weighted by atomic mass is 9.80. The molecule has 2 aliphatic carbocycles. The summed E-state index contributed by atoms with van der Waals surface area (Å²) in [6.45, 7) is 0.262. The Bertz CT molecular complexity index is 365. The van der Waals surface area contributed by atoms with Gasteiger partial charge >= 0.3 is 0 Å². The van der Waals surface area contributed by atoms with E-state index in [2.05, 4.69) is 15.4 Å². The maximum atomic E-state index is 9.54. The van der Waals surface area contributed by atoms with Crippen LogP contribution in [0.4, 0.5) is 0 Å². The zero-order valence-electron chi connectivity index (χ0n) is 8.93. The minimum atomic E-state index is 0.0522. The smallest absolute Gasteiger partial charge is 0.175 e. The molecule has 2 aliphatic rings. The fraction of sp³-hybridized carbons (Fsp3) is 0.900. The molecule has 5 nitrogen and oxygen atoms in total. The first-order chi connectivity index (χ1) is 7.21. The number of hydrogen-bond donors (Lipinski definition) is 1. The van der Waals surface area contributed by atoms with E-state index >= 15 is 0 Å². The molecule has 0 spiro atoms. The summed E-state index contributed by atoms with van der Waals surface area (Å²) in [6.07, 6.45) is 4.44. The number of hydrogen-bond acceptors (Lipinski definition) is 4. The number of tetrazole rings is 1. The minimum Gasteiger partial charge on any atom is -0.396 e. The molecule has 0 bridgehead atoms. The van der Waals surface area contributed by atoms with Crippen molar-refractivity contribution < 1.29 is 5.11 Å². The van der Waals surface area contributed by atoms with Crippen molar-refractivity contribution in [1.29, 1.82) is 0 Å². The summed E-state index contributed by atoms with van der Waals surface area (Å²) in [4.78, 5) is 1.48. The first-order valence-corrected chi connectivity index (χ1v) is 5.54. The zero-order chi connectivity index (χ0) is 10.5. The summed E-state index contributed by atoms with van der Waals surface area (Å²) in [6, 6.07) is 0. The Morgan fingerprint density at radius 1 is 1.47 bits per heavy atom. The SMILES string of the molecule is Cn1nnc(CC2(CO)CC3CC3C2)n1. The lowest BCUT2D eigenvalue weighted by molar-refractivity contribution is 0.115. The van der Waals surface area contributed by atoms with Gasteiger partial charge in [-0.15, -0.1) is 10.2 Å². The molecule has 0 aromatic carbocycles. The third-order valence-corrected chi connectivity index (χ3v) is 3.88. The maximum absolute atomic E-state index is 9.54. The van der Waals surface area contributed by atoms with E-state index in [9.17, 15) is 5.11 Å². The number of aromatic nitrogens is 4. The van der Waals surface area contributed by atoms with Gasteiger partial charge < -0.3 is 5.11 Å². The van der Waals surface area contributed by atoms with Gasteiger partial charge in [-0.05, 0) is 36.3 Å². The lowest BCUT2D eigenvalue weighted by Crippen LogP contribution is -2.27. The molecule has 5 heteroatoms. The van der Waals surface area contributed by atoms with Crippen LogP contribution in [-0.4, -0.2) is 31.9 Å². The van der Waals surface area contributed by atoms with Crippen molar-refractivity contribution in [2.24, 2.45) is 24.3 Å². The van der Waals surface area contributed by atoms with Crippen LogP contribution >= 0.6 is 0 Å². The molecule has 2 atom stereocenters. The normalized spacial score (nSPS) is 38.0. The molecule has 0 aliphatic heterocycles. The average Bonchev–Trinajstić information content (AvgIpc) is 2.65. The van der Waals surface area contributed by atoms with E-state index in [-0.39, 0.29) is 12.0 Å². The topological polar surface area (TPSA) is 63.8 Å². The highest BCUT2D eigenvalue weighted by atomic mass is 16.3. The van der Waals surface area contributed by atoms with Crippen LogP contribution in [0.5, 0.6) is 0 Å². The van der Waals surface area contributed by atoms with Gasteiger partial charge in [-0.2, -0.15) is 4.80 Å². The van der Waals surface area contributed by atoms with Gasteiger partial charge in [-0.25, -0.2) is 0 Å². The molecule has 3 rings (SSSR count). The van der Waals surface area contributed by atoms with Gasteiger partial charge in [-0.3, -0.25) is 0 Å². The van der Waals surface area contributed by atoms with Crippen molar-refractivity contribution >= 4 is 0 Å². The number of rotatable bonds is 3. The predicted molar refractivity (Wildman–Crippen MR) is 52.9 cm³/mol. The summed E-state index contributed by atoms with van der Waals surface area (Å²) < 4.78 is 0. The van der Waals surface area contributed by atoms with Gasteiger partial charge in [0.25, 0.3) is 0 Å². The Morgan fingerprint density at radius 3 is 2.73 bits per heavy atom. The molecule has 0 amide bonds. The summed E-state index contributed by atoms with van der Waals surface area (Å²) in [5.74, 6) is 2.51. The predicted octanol–water partition coefficient (Wildman–Crippen LogP) is 0.161. The molecular weight excluding hydrogens is 192 g/mol. The van der Waals surface area contributed by atoms with Crippen LogP contribution in [-0.2, 0) is 13.5 Å². The van der Waals surface area contributed by atoms with E-state index < -0.39 is 0 Å². The van der Waals surface area contributed by atoms with E-state index in [1.54, 1.807) is 7.05 Å². The Hall–Kier alpha value is -0.970. The molecule has 1 heterocycles. The van der Waals surface area contributed by atoms with Gasteiger partial charge in [-0.1, -0.05) is 0 Å². The molecule has 2 saturated carbocycles. The second-order valence-electron chi connectivity index (χ2n) is 5.19. The largest absolute Gasteiger partial charge is 0.396 e. The Kier molecular flexibility index (Phi) is 1.86. The van der Waals surface area contributed by atoms with Crippen LogP contribution < -0.4 is 0 Å². The molecule has 1 N–H and O–H groups in total. The summed E-state index contributed by atoms with van der Waals surface area (Å²) in [7, 11) is 1.77. The average molecular weight is 208 g/mol. The third-order valence-electron chi connectivity index (χ3n) is 3.88. The molecule has 1 aromatic heterocycles. The fourth-order valence-electron chi connectivity index (χ4n) is 3.06. The van der Waals surface area contributed by atoms with Gasteiger partial charge in [0.2, 0.25) is 0 Å². The quantitative estimate of drug-likeness (QED) is 0.768. The Balaban J connectivity index is 1.75. The number of aryl methyl sites for hydroxylation is 1. The lowest BCUT2D eigenvalue weighted by Gasteiger charge is -2.26. The second kappa shape index (κ2) is 3.01. The molecule has 2 unspecified atom stereocenters. The number of fused-ring (bicyclic) bond motifs is 1. The van der Waals surface area contributed by atoms with Crippen molar-refractivity contribution in [2.75, 3.05) is 6.61 Å². The van der Waals surface area contributed by atoms with E-state index in [0.29, 0.717) is 0 Å². The Labute approximate surface area is 88.5 Å². The number of nitrogens with zero attached hydrogens (tertiary/aromatic N) is 4. The Morgan fingerprint density at radius 2 is 2.20 bits per heavy atom. The van der Waals surface area contributed by atoms with Crippen LogP contribution in [0.3, 0.4) is 0 Å². The first-order valence-electron chi connectivity index (χ1n) is 5.54. The van der Waals surface area contributed by atoms with Gasteiger partial charge in [0, 0.05) is 18.4 Å². The van der Waals surface area contributed by atoms with E-state index in [0.717, 1.165) is 36.9 Å². The van der Waals surface area contributed by atoms with Gasteiger partial charge in [0.15, 0.2) is 5.82 Å². The molecule has 1 aromatic rings. The standard InChI is InChI=1S/C10H16N4O/c1-14-12-9(11-13-14)5-10(6-15)3-7-2-8(7)4-10/h7-8,15H,2-6H2,1H3. The van der Waals surface area contributed by atoms with Crippen LogP contribution in [0.2, 0.25) is 0 Å². The highest BCUT2D eigenvalue weighted by Crippen LogP contribution is 2.60. The minimum absolute atomic E-state index is 0.0522. The van der Waals surface area contributed by atoms with Crippen molar-refractivity contribution in [3.05, 3.63) is 5.82 Å². The highest BCUT2D eigenvalue weighted by molar-refractivity contribution is 5.06.